The fourth-order valence-corrected chi connectivity index (χ4v) is 7.24. The van der Waals surface area contributed by atoms with E-state index in [2.05, 4.69) is 24.9 Å². The van der Waals surface area contributed by atoms with Crippen LogP contribution < -0.4 is 17.0 Å². The molecule has 2 aliphatic rings. The second-order valence-electron chi connectivity index (χ2n) is 10.8. The van der Waals surface area contributed by atoms with Crippen LogP contribution in [0.4, 0.5) is 11.8 Å². The molecule has 2 fully saturated rings. The zero-order chi connectivity index (χ0) is 33.1. The van der Waals surface area contributed by atoms with Gasteiger partial charge in [-0.25, -0.2) is 15.0 Å². The van der Waals surface area contributed by atoms with Crippen LogP contribution in [0.2, 0.25) is 0 Å². The Kier molecular flexibility index (Phi) is 8.68. The molecule has 4 aromatic heterocycles. The number of fused-ring (bicyclic) bond motifs is 2. The first-order chi connectivity index (χ1) is 21.8. The Morgan fingerprint density at radius 1 is 1.07 bits per heavy atom. The maximum Gasteiger partial charge on any atom is 0.694 e. The number of aromatic nitrogens is 7. The minimum atomic E-state index is -4.64. The number of aromatic amines is 1. The number of anilines is 2. The number of hydrogen-bond donors (Lipinski definition) is 8. The lowest BCUT2D eigenvalue weighted by molar-refractivity contribution is -0.0457. The van der Waals surface area contributed by atoms with Crippen LogP contribution >= 0.6 is 15.9 Å². The number of hydrogen-bond acceptors (Lipinski definition) is 16. The molecule has 0 radical (unpaired) electrons. The van der Waals surface area contributed by atoms with Crippen molar-refractivity contribution in [2.45, 2.75) is 62.4 Å². The van der Waals surface area contributed by atoms with Crippen molar-refractivity contribution in [2.24, 2.45) is 0 Å². The highest BCUT2D eigenvalue weighted by Crippen LogP contribution is 2.50. The smallest absolute Gasteiger partial charge is 0.388 e. The number of imidazole rings is 1. The van der Waals surface area contributed by atoms with E-state index in [4.69, 9.17) is 34.9 Å². The number of H-pyrrole nitrogens is 1. The van der Waals surface area contributed by atoms with E-state index in [1.807, 2.05) is 0 Å². The van der Waals surface area contributed by atoms with Crippen LogP contribution in [0.5, 0.6) is 0 Å². The van der Waals surface area contributed by atoms with Gasteiger partial charge in [0.1, 0.15) is 49.0 Å². The van der Waals surface area contributed by atoms with Gasteiger partial charge in [0.15, 0.2) is 29.6 Å². The van der Waals surface area contributed by atoms with Gasteiger partial charge in [-0.2, -0.15) is 4.98 Å². The molecule has 0 aliphatic carbocycles. The van der Waals surface area contributed by atoms with Crippen molar-refractivity contribution in [3.8, 4) is 0 Å². The monoisotopic (exact) mass is 686 g/mol. The van der Waals surface area contributed by atoms with Gasteiger partial charge in [0.2, 0.25) is 5.95 Å². The van der Waals surface area contributed by atoms with Gasteiger partial charge in [0.05, 0.1) is 24.0 Å². The van der Waals surface area contributed by atoms with E-state index in [0.717, 1.165) is 0 Å². The van der Waals surface area contributed by atoms with Gasteiger partial charge < -0.3 is 45.7 Å². The van der Waals surface area contributed by atoms with Crippen molar-refractivity contribution < 1.29 is 52.8 Å². The summed E-state index contributed by atoms with van der Waals surface area (Å²) in [7, 11) is -7.71. The molecule has 2 saturated heterocycles. The van der Waals surface area contributed by atoms with E-state index >= 15 is 0 Å². The summed E-state index contributed by atoms with van der Waals surface area (Å²) in [6, 6.07) is 0. The Labute approximate surface area is 258 Å². The molecule has 0 bridgehead atoms. The van der Waals surface area contributed by atoms with Crippen molar-refractivity contribution in [1.29, 1.82) is 0 Å². The first kappa shape index (κ1) is 32.5. The molecule has 0 spiro atoms. The normalized spacial score (nSPS) is 29.9. The average molecular weight is 686 g/mol. The molecule has 23 heteroatoms. The number of nitrogens with zero attached hydrogens (tertiary/aromatic N) is 6. The molecule has 2 aliphatic heterocycles. The lowest BCUT2D eigenvalue weighted by Crippen LogP contribution is -2.35. The highest BCUT2D eigenvalue weighted by Gasteiger charge is 2.51. The summed E-state index contributed by atoms with van der Waals surface area (Å²) in [6.07, 6.45) is -8.16. The number of ether oxygens (including phenoxy) is 2. The van der Waals surface area contributed by atoms with Crippen molar-refractivity contribution in [3.63, 3.8) is 0 Å². The highest BCUT2D eigenvalue weighted by atomic mass is 31.2. The number of aliphatic hydroxyl groups excluding tert-OH is 3. The van der Waals surface area contributed by atoms with Crippen molar-refractivity contribution in [3.05, 3.63) is 34.8 Å². The summed E-state index contributed by atoms with van der Waals surface area (Å²) in [5, 5.41) is 32.6. The predicted octanol–water partition coefficient (Wildman–Crippen LogP) is -1.46. The van der Waals surface area contributed by atoms with E-state index < -0.39 is 83.3 Å². The molecule has 4 aromatic rings. The third-order valence-electron chi connectivity index (χ3n) is 7.81. The van der Waals surface area contributed by atoms with Crippen LogP contribution in [0.15, 0.2) is 23.6 Å². The largest absolute Gasteiger partial charge is 0.694 e. The lowest BCUT2D eigenvalue weighted by Gasteiger charge is -2.25. The van der Waals surface area contributed by atoms with Crippen LogP contribution in [0, 0.1) is 6.92 Å². The molecular weight excluding hydrogens is 656 g/mol. The number of nitrogens with one attached hydrogen (secondary N) is 1. The number of rotatable bonds is 10. The van der Waals surface area contributed by atoms with Crippen LogP contribution in [0.1, 0.15) is 24.4 Å². The molecule has 10 N–H and O–H groups in total. The zero-order valence-corrected chi connectivity index (χ0v) is 25.6. The van der Waals surface area contributed by atoms with Gasteiger partial charge in [0.25, 0.3) is 5.56 Å². The Hall–Kier alpha value is -3.46. The summed E-state index contributed by atoms with van der Waals surface area (Å²) in [5.74, 6) is -0.135. The van der Waals surface area contributed by atoms with Crippen LogP contribution in [0.25, 0.3) is 22.2 Å². The minimum absolute atomic E-state index is 0.0219. The molecule has 0 aromatic carbocycles. The van der Waals surface area contributed by atoms with E-state index in [1.165, 1.54) is 28.0 Å². The highest BCUT2D eigenvalue weighted by molar-refractivity contribution is 7.52. The van der Waals surface area contributed by atoms with Gasteiger partial charge in [-0.15, -0.1) is 9.42 Å². The summed E-state index contributed by atoms with van der Waals surface area (Å²) in [6.45, 7) is 1.01. The SMILES string of the molecule is Cc1cn([C@@H]2O[C@H](CO[P+](=O)O)[C@H](O)[C@@H]2OP(=O)(O)CC[C@H]2O[C@@H](n3cnc4c(N)ncnc43)[C@@H](O)[C@H]2O)c2nc(N)[nH]c(=O)c12. The van der Waals surface area contributed by atoms with Crippen molar-refractivity contribution in [1.82, 2.24) is 34.1 Å². The molecule has 6 rings (SSSR count). The van der Waals surface area contributed by atoms with E-state index in [-0.39, 0.29) is 40.4 Å². The van der Waals surface area contributed by atoms with Crippen molar-refractivity contribution in [2.75, 3.05) is 24.2 Å². The first-order valence-corrected chi connectivity index (χ1v) is 16.6. The molecule has 6 heterocycles. The zero-order valence-electron chi connectivity index (χ0n) is 23.8. The quantitative estimate of drug-likeness (QED) is 0.0884. The molecule has 46 heavy (non-hydrogen) atoms. The topological polar surface area (TPSA) is 319 Å². The van der Waals surface area contributed by atoms with Gasteiger partial charge in [-0.3, -0.25) is 23.4 Å². The number of nitrogens with two attached hydrogens (primary N) is 2. The van der Waals surface area contributed by atoms with Gasteiger partial charge in [-0.05, 0) is 18.9 Å². The molecule has 2 unspecified atom stereocenters. The Morgan fingerprint density at radius 2 is 1.80 bits per heavy atom. The molecular formula is C23H30N9O12P2+. The number of aliphatic hydroxyl groups is 3. The van der Waals surface area contributed by atoms with Crippen LogP contribution in [-0.2, 0) is 27.7 Å². The second-order valence-corrected chi connectivity index (χ2v) is 13.5. The molecule has 248 valence electrons. The Morgan fingerprint density at radius 3 is 2.54 bits per heavy atom. The fourth-order valence-electron chi connectivity index (χ4n) is 5.67. The summed E-state index contributed by atoms with van der Waals surface area (Å²) in [4.78, 5) is 51.1. The summed E-state index contributed by atoms with van der Waals surface area (Å²) < 4.78 is 49.2. The lowest BCUT2D eigenvalue weighted by atomic mass is 10.1. The van der Waals surface area contributed by atoms with Crippen LogP contribution in [-0.4, -0.2) is 109 Å². The first-order valence-electron chi connectivity index (χ1n) is 13.7. The Balaban J connectivity index is 1.22. The molecule has 21 nitrogen and oxygen atoms in total. The maximum absolute atomic E-state index is 13.4. The molecule has 0 saturated carbocycles. The number of aryl methyl sites for hydroxylation is 1. The van der Waals surface area contributed by atoms with E-state index in [0.29, 0.717) is 5.56 Å². The molecule has 0 amide bonds. The summed E-state index contributed by atoms with van der Waals surface area (Å²) in [5.41, 5.74) is 11.9. The summed E-state index contributed by atoms with van der Waals surface area (Å²) >= 11 is 0. The molecule has 10 atom stereocenters. The minimum Gasteiger partial charge on any atom is -0.388 e. The van der Waals surface area contributed by atoms with E-state index in [1.54, 1.807) is 6.92 Å². The van der Waals surface area contributed by atoms with E-state index in [9.17, 15) is 34.1 Å². The maximum atomic E-state index is 13.4. The van der Waals surface area contributed by atoms with Gasteiger partial charge in [0, 0.05) is 10.8 Å². The number of nitrogen functional groups attached to an aromatic ring is 2. The average Bonchev–Trinajstić information content (AvgIpc) is 3.71. The third-order valence-corrected chi connectivity index (χ3v) is 9.57. The Bertz CT molecular complexity index is 1900. The van der Waals surface area contributed by atoms with Gasteiger partial charge >= 0.3 is 15.9 Å². The fraction of sp³-hybridized carbons (Fsp3) is 0.522. The standard InChI is InChI=1S/C23H29N9O12P2/c1-8-4-31(18-11(8)20(36)30-23(25)29-18)22-16(14(34)10(43-22)5-41-45(37)38)44-46(39,40)3-2-9-13(33)15(35)21(42-9)32-7-28-12-17(24)26-6-27-19(12)32/h4,6-7,9-10,13-16,21-22,33-35H,2-3,5H2,1H3,(H6-,24,25,26,27,29,30,36,37,38,39,40)/p+1/t9-,10-,13+,14+,15+,16+,21-,22-/m1/s1. The van der Waals surface area contributed by atoms with Crippen LogP contribution in [0.3, 0.4) is 0 Å². The van der Waals surface area contributed by atoms with Crippen molar-refractivity contribution >= 4 is 49.8 Å². The second kappa shape index (κ2) is 12.3. The predicted molar refractivity (Wildman–Crippen MR) is 155 cm³/mol. The third kappa shape index (κ3) is 5.91. The van der Waals surface area contributed by atoms with Gasteiger partial charge in [-0.1, -0.05) is 0 Å².